The third-order valence-corrected chi connectivity index (χ3v) is 8.89. The van der Waals surface area contributed by atoms with Gasteiger partial charge in [-0.3, -0.25) is 4.79 Å². The molecule has 4 aliphatic rings. The van der Waals surface area contributed by atoms with Gasteiger partial charge in [0.15, 0.2) is 5.78 Å². The third-order valence-electron chi connectivity index (χ3n) is 8.89. The van der Waals surface area contributed by atoms with Crippen molar-refractivity contribution in [1.82, 2.24) is 0 Å². The van der Waals surface area contributed by atoms with Gasteiger partial charge in [0.25, 0.3) is 0 Å². The molecule has 0 heterocycles. The average molecular weight is 335 g/mol. The molecule has 4 saturated carbocycles. The fraction of sp³-hybridized carbons (Fsp3) is 0.952. The van der Waals surface area contributed by atoms with Crippen LogP contribution in [-0.4, -0.2) is 28.7 Å². The van der Waals surface area contributed by atoms with Gasteiger partial charge in [0.05, 0.1) is 6.10 Å². The standard InChI is InChI=1S/C21H34O3/c1-12-9-17-15(14-4-3-13(23)10-16(12)14)7-8-21(2)18(17)5-6-19(21)20(24)11-22/h12-19,22-23H,3-11H2,1-2H3. The van der Waals surface area contributed by atoms with E-state index in [-0.39, 0.29) is 29.8 Å². The van der Waals surface area contributed by atoms with E-state index in [2.05, 4.69) is 13.8 Å². The highest BCUT2D eigenvalue weighted by Gasteiger charge is 2.59. The molecule has 0 aromatic heterocycles. The Hall–Kier alpha value is -0.410. The molecule has 4 rings (SSSR count). The molecule has 4 aliphatic carbocycles. The zero-order chi connectivity index (χ0) is 17.1. The normalized spacial score (nSPS) is 53.8. The Morgan fingerprint density at radius 3 is 2.50 bits per heavy atom. The summed E-state index contributed by atoms with van der Waals surface area (Å²) in [7, 11) is 0. The molecule has 0 aromatic carbocycles. The lowest BCUT2D eigenvalue weighted by molar-refractivity contribution is -0.135. The topological polar surface area (TPSA) is 57.5 Å². The van der Waals surface area contributed by atoms with E-state index in [0.717, 1.165) is 49.4 Å². The summed E-state index contributed by atoms with van der Waals surface area (Å²) in [6, 6.07) is 0. The van der Waals surface area contributed by atoms with E-state index in [4.69, 9.17) is 0 Å². The fourth-order valence-corrected chi connectivity index (χ4v) is 7.82. The summed E-state index contributed by atoms with van der Waals surface area (Å²) in [5, 5.41) is 19.5. The second kappa shape index (κ2) is 6.09. The van der Waals surface area contributed by atoms with E-state index < -0.39 is 0 Å². The zero-order valence-corrected chi connectivity index (χ0v) is 15.3. The lowest BCUT2D eigenvalue weighted by atomic mass is 9.47. The van der Waals surface area contributed by atoms with Crippen LogP contribution in [0.4, 0.5) is 0 Å². The number of carbonyl (C=O) groups excluding carboxylic acids is 1. The van der Waals surface area contributed by atoms with Crippen LogP contribution in [0.3, 0.4) is 0 Å². The Balaban J connectivity index is 1.58. The number of Topliss-reactive ketones (excluding diaryl/α,β-unsaturated/α-hetero) is 1. The molecule has 9 atom stereocenters. The van der Waals surface area contributed by atoms with Gasteiger partial charge < -0.3 is 10.2 Å². The third kappa shape index (κ3) is 2.41. The lowest BCUT2D eigenvalue weighted by Crippen LogP contribution is -2.52. The first-order valence-electron chi connectivity index (χ1n) is 10.3. The van der Waals surface area contributed by atoms with E-state index >= 15 is 0 Å². The minimum atomic E-state index is -0.278. The first kappa shape index (κ1) is 17.0. The highest BCUT2D eigenvalue weighted by Crippen LogP contribution is 2.65. The molecule has 0 spiro atoms. The Labute approximate surface area is 146 Å². The first-order valence-corrected chi connectivity index (χ1v) is 10.3. The number of aliphatic hydroxyl groups excluding tert-OH is 2. The van der Waals surface area contributed by atoms with Crippen molar-refractivity contribution in [2.45, 2.75) is 71.3 Å². The summed E-state index contributed by atoms with van der Waals surface area (Å²) in [6.45, 7) is 4.48. The van der Waals surface area contributed by atoms with Crippen LogP contribution in [0.2, 0.25) is 0 Å². The number of fused-ring (bicyclic) bond motifs is 5. The molecule has 0 amide bonds. The second-order valence-corrected chi connectivity index (χ2v) is 9.74. The average Bonchev–Trinajstić information content (AvgIpc) is 2.92. The van der Waals surface area contributed by atoms with E-state index in [9.17, 15) is 15.0 Å². The van der Waals surface area contributed by atoms with Crippen molar-refractivity contribution in [2.75, 3.05) is 6.61 Å². The van der Waals surface area contributed by atoms with Gasteiger partial charge in [0.1, 0.15) is 6.61 Å². The van der Waals surface area contributed by atoms with E-state index in [1.165, 1.54) is 25.7 Å². The van der Waals surface area contributed by atoms with Crippen LogP contribution in [0.25, 0.3) is 0 Å². The van der Waals surface area contributed by atoms with Crippen molar-refractivity contribution in [1.29, 1.82) is 0 Å². The van der Waals surface area contributed by atoms with Gasteiger partial charge in [0.2, 0.25) is 0 Å². The SMILES string of the molecule is CC1CC2C(CCC3(C)C(C(=O)CO)CCC23)C2CCC(O)CC12. The van der Waals surface area contributed by atoms with Gasteiger partial charge in [-0.1, -0.05) is 13.8 Å². The summed E-state index contributed by atoms with van der Waals surface area (Å²) in [4.78, 5) is 12.3. The first-order chi connectivity index (χ1) is 11.5. The van der Waals surface area contributed by atoms with Crippen molar-refractivity contribution in [3.8, 4) is 0 Å². The number of carbonyl (C=O) groups is 1. The quantitative estimate of drug-likeness (QED) is 0.813. The van der Waals surface area contributed by atoms with Crippen molar-refractivity contribution >= 4 is 5.78 Å². The monoisotopic (exact) mass is 334 g/mol. The number of ketones is 1. The maximum absolute atomic E-state index is 12.3. The Bertz CT molecular complexity index is 503. The van der Waals surface area contributed by atoms with Crippen LogP contribution in [0.1, 0.15) is 65.2 Å². The van der Waals surface area contributed by atoms with Gasteiger partial charge in [-0.2, -0.15) is 0 Å². The summed E-state index contributed by atoms with van der Waals surface area (Å²) in [6.07, 6.45) is 9.03. The molecule has 0 aromatic rings. The van der Waals surface area contributed by atoms with Crippen molar-refractivity contribution in [2.24, 2.45) is 46.8 Å². The van der Waals surface area contributed by atoms with Crippen LogP contribution in [0.15, 0.2) is 0 Å². The molecular weight excluding hydrogens is 300 g/mol. The predicted molar refractivity (Wildman–Crippen MR) is 93.2 cm³/mol. The molecule has 136 valence electrons. The van der Waals surface area contributed by atoms with Crippen molar-refractivity contribution in [3.63, 3.8) is 0 Å². The molecule has 3 nitrogen and oxygen atoms in total. The number of hydrogen-bond donors (Lipinski definition) is 2. The van der Waals surface area contributed by atoms with E-state index in [0.29, 0.717) is 11.8 Å². The maximum Gasteiger partial charge on any atom is 0.161 e. The molecule has 24 heavy (non-hydrogen) atoms. The molecule has 2 N–H and O–H groups in total. The maximum atomic E-state index is 12.3. The predicted octanol–water partition coefficient (Wildman–Crippen LogP) is 3.42. The zero-order valence-electron chi connectivity index (χ0n) is 15.3. The molecule has 9 unspecified atom stereocenters. The molecule has 4 fully saturated rings. The minimum absolute atomic E-state index is 0.0721. The lowest BCUT2D eigenvalue weighted by Gasteiger charge is -2.57. The Morgan fingerprint density at radius 1 is 1.00 bits per heavy atom. The van der Waals surface area contributed by atoms with Gasteiger partial charge in [-0.05, 0) is 92.3 Å². The molecule has 0 radical (unpaired) electrons. The number of aliphatic hydroxyl groups is 2. The van der Waals surface area contributed by atoms with Gasteiger partial charge in [-0.15, -0.1) is 0 Å². The van der Waals surface area contributed by atoms with Crippen molar-refractivity contribution in [3.05, 3.63) is 0 Å². The smallest absolute Gasteiger partial charge is 0.161 e. The van der Waals surface area contributed by atoms with Crippen LogP contribution in [0, 0.1) is 46.8 Å². The van der Waals surface area contributed by atoms with E-state index in [1.54, 1.807) is 0 Å². The Kier molecular flexibility index (Phi) is 4.32. The summed E-state index contributed by atoms with van der Waals surface area (Å²) in [5.41, 5.74) is 0.127. The van der Waals surface area contributed by atoms with Crippen LogP contribution < -0.4 is 0 Å². The summed E-state index contributed by atoms with van der Waals surface area (Å²) < 4.78 is 0. The largest absolute Gasteiger partial charge is 0.393 e. The highest BCUT2D eigenvalue weighted by molar-refractivity contribution is 5.83. The molecule has 0 saturated heterocycles. The van der Waals surface area contributed by atoms with Crippen LogP contribution in [-0.2, 0) is 4.79 Å². The second-order valence-electron chi connectivity index (χ2n) is 9.74. The highest BCUT2D eigenvalue weighted by atomic mass is 16.3. The molecule has 0 bridgehead atoms. The number of rotatable bonds is 2. The number of hydrogen-bond acceptors (Lipinski definition) is 3. The minimum Gasteiger partial charge on any atom is -0.393 e. The molecule has 3 heteroatoms. The van der Waals surface area contributed by atoms with Gasteiger partial charge in [0, 0.05) is 5.92 Å². The van der Waals surface area contributed by atoms with Gasteiger partial charge >= 0.3 is 0 Å². The molecule has 0 aliphatic heterocycles. The van der Waals surface area contributed by atoms with Crippen LogP contribution >= 0.6 is 0 Å². The van der Waals surface area contributed by atoms with Gasteiger partial charge in [-0.25, -0.2) is 0 Å². The van der Waals surface area contributed by atoms with E-state index in [1.807, 2.05) is 0 Å². The fourth-order valence-electron chi connectivity index (χ4n) is 7.82. The summed E-state index contributed by atoms with van der Waals surface area (Å²) in [5.74, 6) is 4.67. The van der Waals surface area contributed by atoms with Crippen LogP contribution in [0.5, 0.6) is 0 Å². The Morgan fingerprint density at radius 2 is 1.75 bits per heavy atom. The molecular formula is C21H34O3. The summed E-state index contributed by atoms with van der Waals surface area (Å²) >= 11 is 0. The van der Waals surface area contributed by atoms with Crippen molar-refractivity contribution < 1.29 is 15.0 Å².